The number of halogens is 1. The summed E-state index contributed by atoms with van der Waals surface area (Å²) in [5.74, 6) is -0.233. The van der Waals surface area contributed by atoms with E-state index in [4.69, 9.17) is 11.6 Å². The predicted molar refractivity (Wildman–Crippen MR) is 147 cm³/mol. The van der Waals surface area contributed by atoms with E-state index in [9.17, 15) is 18.0 Å². The summed E-state index contributed by atoms with van der Waals surface area (Å²) in [6.07, 6.45) is 2.84. The third-order valence-electron chi connectivity index (χ3n) is 7.48. The van der Waals surface area contributed by atoms with Crippen molar-refractivity contribution in [2.75, 3.05) is 43.4 Å². The van der Waals surface area contributed by atoms with Gasteiger partial charge in [-0.3, -0.25) is 13.9 Å². The maximum Gasteiger partial charge on any atom is 0.265 e. The number of para-hydroxylation sites is 2. The van der Waals surface area contributed by atoms with Gasteiger partial charge >= 0.3 is 0 Å². The second-order valence-electron chi connectivity index (χ2n) is 10.2. The Bertz CT molecular complexity index is 1290. The lowest BCUT2D eigenvalue weighted by atomic mass is 9.93. The molecule has 0 saturated carbocycles. The first-order valence-electron chi connectivity index (χ1n) is 12.6. The molecule has 1 saturated heterocycles. The largest absolute Gasteiger partial charge is 0.346 e. The van der Waals surface area contributed by atoms with Crippen molar-refractivity contribution in [3.05, 3.63) is 52.5 Å². The number of aryl methyl sites for hydroxylation is 2. The monoisotopic (exact) mass is 546 g/mol. The van der Waals surface area contributed by atoms with Crippen LogP contribution in [0.15, 0.2) is 41.3 Å². The SMILES string of the molecule is Cc1cc(S(=O)(=O)N2c3ccccc3NC(=O)[C@H]2CC(=O)N(C)CCC2CCN(C)CC2)c(C)cc1Cl. The molecule has 0 aliphatic carbocycles. The van der Waals surface area contributed by atoms with Gasteiger partial charge in [0.05, 0.1) is 22.7 Å². The standard InChI is InChI=1S/C27H35ClN4O4S/c1-18-16-25(19(2)15-21(18)28)37(35,36)32-23-8-6-5-7-22(23)29-27(34)24(32)17-26(33)31(4)14-11-20-9-12-30(3)13-10-20/h5-8,15-16,20,24H,9-14,17H2,1-4H3,(H,29,34)/t24-/m1/s1. The van der Waals surface area contributed by atoms with Crippen LogP contribution in [0.1, 0.15) is 36.8 Å². The molecule has 2 aliphatic heterocycles. The number of sulfonamides is 1. The van der Waals surface area contributed by atoms with Gasteiger partial charge in [0, 0.05) is 18.6 Å². The van der Waals surface area contributed by atoms with Gasteiger partial charge in [0.2, 0.25) is 11.8 Å². The lowest BCUT2D eigenvalue weighted by Crippen LogP contribution is -2.53. The summed E-state index contributed by atoms with van der Waals surface area (Å²) in [5.41, 5.74) is 1.81. The van der Waals surface area contributed by atoms with E-state index >= 15 is 0 Å². The molecule has 8 nitrogen and oxygen atoms in total. The van der Waals surface area contributed by atoms with Gasteiger partial charge in [0.1, 0.15) is 6.04 Å². The Hall–Kier alpha value is -2.62. The Morgan fingerprint density at radius 1 is 1.14 bits per heavy atom. The smallest absolute Gasteiger partial charge is 0.265 e. The van der Waals surface area contributed by atoms with E-state index in [0.29, 0.717) is 40.0 Å². The quantitative estimate of drug-likeness (QED) is 0.566. The Labute approximate surface area is 224 Å². The Kier molecular flexibility index (Phi) is 8.16. The molecule has 4 rings (SSSR count). The number of piperidine rings is 1. The number of carbonyl (C=O) groups excluding carboxylic acids is 2. The number of amides is 2. The molecule has 0 unspecified atom stereocenters. The first-order valence-corrected chi connectivity index (χ1v) is 14.4. The van der Waals surface area contributed by atoms with Crippen LogP contribution in [0.5, 0.6) is 0 Å². The molecule has 0 spiro atoms. The second kappa shape index (κ2) is 11.0. The van der Waals surface area contributed by atoms with Crippen molar-refractivity contribution in [3.8, 4) is 0 Å². The first-order chi connectivity index (χ1) is 17.5. The normalized spacial score (nSPS) is 18.9. The zero-order valence-electron chi connectivity index (χ0n) is 21.8. The molecule has 0 bridgehead atoms. The minimum absolute atomic E-state index is 0.0620. The molecule has 0 radical (unpaired) electrons. The van der Waals surface area contributed by atoms with Crippen LogP contribution < -0.4 is 9.62 Å². The highest BCUT2D eigenvalue weighted by Gasteiger charge is 2.43. The highest BCUT2D eigenvalue weighted by Crippen LogP contribution is 2.38. The number of anilines is 2. The van der Waals surface area contributed by atoms with E-state index in [2.05, 4.69) is 17.3 Å². The van der Waals surface area contributed by atoms with Crippen molar-refractivity contribution in [2.24, 2.45) is 5.92 Å². The van der Waals surface area contributed by atoms with Crippen LogP contribution in [0.2, 0.25) is 5.02 Å². The molecule has 2 aliphatic rings. The molecular weight excluding hydrogens is 512 g/mol. The molecule has 2 aromatic carbocycles. The molecule has 200 valence electrons. The average molecular weight is 547 g/mol. The molecule has 1 N–H and O–H groups in total. The van der Waals surface area contributed by atoms with Crippen LogP contribution >= 0.6 is 11.6 Å². The summed E-state index contributed by atoms with van der Waals surface area (Å²) < 4.78 is 29.3. The molecular formula is C27H35ClN4O4S. The van der Waals surface area contributed by atoms with Crippen molar-refractivity contribution < 1.29 is 18.0 Å². The van der Waals surface area contributed by atoms with Crippen LogP contribution in [-0.4, -0.2) is 69.8 Å². The number of hydrogen-bond acceptors (Lipinski definition) is 5. The van der Waals surface area contributed by atoms with Crippen molar-refractivity contribution in [1.29, 1.82) is 0 Å². The lowest BCUT2D eigenvalue weighted by molar-refractivity contribution is -0.132. The molecule has 10 heteroatoms. The van der Waals surface area contributed by atoms with E-state index in [1.807, 2.05) is 0 Å². The fourth-order valence-corrected chi connectivity index (χ4v) is 7.19. The molecule has 37 heavy (non-hydrogen) atoms. The molecule has 2 amide bonds. The van der Waals surface area contributed by atoms with Crippen LogP contribution in [-0.2, 0) is 19.6 Å². The topological polar surface area (TPSA) is 90.0 Å². The third-order valence-corrected chi connectivity index (χ3v) is 9.85. The number of nitrogens with zero attached hydrogens (tertiary/aromatic N) is 3. The highest BCUT2D eigenvalue weighted by molar-refractivity contribution is 7.93. The van der Waals surface area contributed by atoms with Gasteiger partial charge in [-0.1, -0.05) is 23.7 Å². The van der Waals surface area contributed by atoms with Crippen LogP contribution in [0.25, 0.3) is 0 Å². The highest BCUT2D eigenvalue weighted by atomic mass is 35.5. The summed E-state index contributed by atoms with van der Waals surface area (Å²) in [4.78, 5) is 30.5. The summed E-state index contributed by atoms with van der Waals surface area (Å²) in [6, 6.07) is 8.65. The molecule has 2 heterocycles. The maximum absolute atomic E-state index is 14.1. The molecule has 0 aromatic heterocycles. The number of hydrogen-bond donors (Lipinski definition) is 1. The van der Waals surface area contributed by atoms with E-state index in [0.717, 1.165) is 36.7 Å². The van der Waals surface area contributed by atoms with Gasteiger partial charge in [-0.15, -0.1) is 0 Å². The van der Waals surface area contributed by atoms with Gasteiger partial charge in [-0.25, -0.2) is 8.42 Å². The number of fused-ring (bicyclic) bond motifs is 1. The summed E-state index contributed by atoms with van der Waals surface area (Å²) in [7, 11) is -0.358. The van der Waals surface area contributed by atoms with Gasteiger partial charge in [-0.05, 0) is 94.6 Å². The van der Waals surface area contributed by atoms with Crippen LogP contribution in [0.3, 0.4) is 0 Å². The zero-order valence-corrected chi connectivity index (χ0v) is 23.4. The first kappa shape index (κ1) is 27.4. The minimum atomic E-state index is -4.19. The molecule has 1 fully saturated rings. The van der Waals surface area contributed by atoms with Gasteiger partial charge < -0.3 is 15.1 Å². The van der Waals surface area contributed by atoms with Crippen molar-refractivity contribution in [3.63, 3.8) is 0 Å². The Balaban J connectivity index is 1.61. The lowest BCUT2D eigenvalue weighted by Gasteiger charge is -2.37. The van der Waals surface area contributed by atoms with Crippen LogP contribution in [0, 0.1) is 19.8 Å². The predicted octanol–water partition coefficient (Wildman–Crippen LogP) is 4.05. The number of rotatable bonds is 7. The van der Waals surface area contributed by atoms with Crippen molar-refractivity contribution >= 4 is 44.8 Å². The summed E-state index contributed by atoms with van der Waals surface area (Å²) >= 11 is 6.23. The Morgan fingerprint density at radius 3 is 2.51 bits per heavy atom. The number of carbonyl (C=O) groups is 2. The fraction of sp³-hybridized carbons (Fsp3) is 0.481. The molecule has 1 atom stereocenters. The fourth-order valence-electron chi connectivity index (χ4n) is 5.05. The van der Waals surface area contributed by atoms with Gasteiger partial charge in [-0.2, -0.15) is 0 Å². The second-order valence-corrected chi connectivity index (χ2v) is 12.4. The number of likely N-dealkylation sites (tertiary alicyclic amines) is 1. The maximum atomic E-state index is 14.1. The van der Waals surface area contributed by atoms with E-state index in [1.54, 1.807) is 56.1 Å². The summed E-state index contributed by atoms with van der Waals surface area (Å²) in [5, 5.41) is 3.25. The van der Waals surface area contributed by atoms with E-state index < -0.39 is 22.0 Å². The summed E-state index contributed by atoms with van der Waals surface area (Å²) in [6.45, 7) is 6.09. The zero-order chi connectivity index (χ0) is 26.9. The van der Waals surface area contributed by atoms with E-state index in [1.165, 1.54) is 6.07 Å². The average Bonchev–Trinajstić information content (AvgIpc) is 2.85. The van der Waals surface area contributed by atoms with Crippen molar-refractivity contribution in [1.82, 2.24) is 9.80 Å². The van der Waals surface area contributed by atoms with E-state index in [-0.39, 0.29) is 17.2 Å². The van der Waals surface area contributed by atoms with Crippen molar-refractivity contribution in [2.45, 2.75) is 50.5 Å². The number of nitrogens with one attached hydrogen (secondary N) is 1. The number of benzene rings is 2. The molecule has 2 aromatic rings. The van der Waals surface area contributed by atoms with Gasteiger partial charge in [0.15, 0.2) is 0 Å². The third kappa shape index (κ3) is 5.78. The minimum Gasteiger partial charge on any atom is -0.346 e. The Morgan fingerprint density at radius 2 is 1.81 bits per heavy atom. The van der Waals surface area contributed by atoms with Crippen LogP contribution in [0.4, 0.5) is 11.4 Å². The van der Waals surface area contributed by atoms with Gasteiger partial charge in [0.25, 0.3) is 10.0 Å².